The van der Waals surface area contributed by atoms with Gasteiger partial charge in [-0.05, 0) is 56.3 Å². The smallest absolute Gasteiger partial charge is 0.338 e. The van der Waals surface area contributed by atoms with Crippen LogP contribution in [0.15, 0.2) is 52.4 Å². The first kappa shape index (κ1) is 21.9. The fourth-order valence-corrected chi connectivity index (χ4v) is 4.94. The highest BCUT2D eigenvalue weighted by Crippen LogP contribution is 2.20. The molecule has 0 radical (unpaired) electrons. The molecule has 1 amide bonds. The molecule has 3 aromatic rings. The molecule has 2 aromatic carbocycles. The van der Waals surface area contributed by atoms with Crippen LogP contribution in [0.3, 0.4) is 0 Å². The Morgan fingerprint density at radius 3 is 2.30 bits per heavy atom. The van der Waals surface area contributed by atoms with Gasteiger partial charge in [-0.1, -0.05) is 18.3 Å². The Kier molecular flexibility index (Phi) is 6.52. The van der Waals surface area contributed by atoms with E-state index in [0.29, 0.717) is 29.1 Å². The Bertz CT molecular complexity index is 1270. The van der Waals surface area contributed by atoms with Crippen LogP contribution in [-0.2, 0) is 21.1 Å². The zero-order valence-corrected chi connectivity index (χ0v) is 18.5. The number of esters is 1. The number of sulfone groups is 1. The topological polar surface area (TPSA) is 94.8 Å². The van der Waals surface area contributed by atoms with Gasteiger partial charge < -0.3 is 9.30 Å². The van der Waals surface area contributed by atoms with Crippen molar-refractivity contribution in [2.75, 3.05) is 12.4 Å². The zero-order chi connectivity index (χ0) is 21.9. The van der Waals surface area contributed by atoms with Crippen LogP contribution in [0.1, 0.15) is 41.5 Å². The quantitative estimate of drug-likeness (QED) is 0.541. The van der Waals surface area contributed by atoms with Crippen molar-refractivity contribution in [1.82, 2.24) is 4.57 Å². The van der Waals surface area contributed by atoms with Crippen molar-refractivity contribution in [2.45, 2.75) is 32.2 Å². The Labute approximate surface area is 178 Å². The van der Waals surface area contributed by atoms with Crippen LogP contribution in [0, 0.1) is 0 Å². The van der Waals surface area contributed by atoms with Gasteiger partial charge >= 0.3 is 5.97 Å². The van der Waals surface area contributed by atoms with Crippen molar-refractivity contribution in [1.29, 1.82) is 0 Å². The van der Waals surface area contributed by atoms with Gasteiger partial charge in [0.05, 0.1) is 33.0 Å². The third kappa shape index (κ3) is 4.36. The van der Waals surface area contributed by atoms with Gasteiger partial charge in [0.2, 0.25) is 0 Å². The number of rotatable bonds is 6. The molecule has 1 aromatic heterocycles. The molecule has 0 spiro atoms. The van der Waals surface area contributed by atoms with Crippen molar-refractivity contribution in [3.05, 3.63) is 58.4 Å². The van der Waals surface area contributed by atoms with Gasteiger partial charge in [0, 0.05) is 12.1 Å². The number of amides is 1. The molecule has 0 aliphatic heterocycles. The van der Waals surface area contributed by atoms with E-state index in [4.69, 9.17) is 4.74 Å². The molecule has 30 heavy (non-hydrogen) atoms. The standard InChI is InChI=1S/C21H22N2O5S2/c1-4-23-17-12-9-15(20(25)28-5-2)13-18(17)29-21(23)22-19(24)14-7-10-16(11-8-14)30(26,27)6-3/h7-13H,4-6H2,1-3H3. The molecule has 1 heterocycles. The lowest BCUT2D eigenvalue weighted by molar-refractivity contribution is 0.0526. The second kappa shape index (κ2) is 8.93. The molecule has 0 N–H and O–H groups in total. The number of fused-ring (bicyclic) bond motifs is 1. The van der Waals surface area contributed by atoms with Crippen molar-refractivity contribution in [3.8, 4) is 0 Å². The third-order valence-electron chi connectivity index (χ3n) is 4.55. The van der Waals surface area contributed by atoms with E-state index >= 15 is 0 Å². The molecular weight excluding hydrogens is 424 g/mol. The maximum Gasteiger partial charge on any atom is 0.338 e. The second-order valence-corrected chi connectivity index (χ2v) is 9.66. The van der Waals surface area contributed by atoms with Gasteiger partial charge in [0.1, 0.15) is 0 Å². The molecule has 0 unspecified atom stereocenters. The molecule has 3 rings (SSSR count). The number of carbonyl (C=O) groups excluding carboxylic acids is 2. The number of thiazole rings is 1. The van der Waals surface area contributed by atoms with Crippen molar-refractivity contribution >= 4 is 43.3 Å². The number of nitrogens with zero attached hydrogens (tertiary/aromatic N) is 2. The van der Waals surface area contributed by atoms with E-state index in [9.17, 15) is 18.0 Å². The lowest BCUT2D eigenvalue weighted by Crippen LogP contribution is -2.16. The summed E-state index contributed by atoms with van der Waals surface area (Å²) in [6.45, 7) is 6.16. The SMILES string of the molecule is CCOC(=O)c1ccc2c(c1)sc(=NC(=O)c1ccc(S(=O)(=O)CC)cc1)n2CC. The van der Waals surface area contributed by atoms with Crippen LogP contribution >= 0.6 is 11.3 Å². The predicted molar refractivity (Wildman–Crippen MR) is 116 cm³/mol. The summed E-state index contributed by atoms with van der Waals surface area (Å²) in [5.74, 6) is -0.862. The van der Waals surface area contributed by atoms with Crippen LogP contribution in [0.5, 0.6) is 0 Å². The Balaban J connectivity index is 2.00. The molecule has 0 aliphatic carbocycles. The van der Waals surface area contributed by atoms with E-state index in [1.54, 1.807) is 26.0 Å². The Morgan fingerprint density at radius 1 is 1.03 bits per heavy atom. The first-order chi connectivity index (χ1) is 14.3. The summed E-state index contributed by atoms with van der Waals surface area (Å²) < 4.78 is 31.6. The minimum absolute atomic E-state index is 0.00323. The van der Waals surface area contributed by atoms with Crippen LogP contribution in [-0.4, -0.2) is 37.2 Å². The predicted octanol–water partition coefficient (Wildman–Crippen LogP) is 3.43. The van der Waals surface area contributed by atoms with Gasteiger partial charge in [0.15, 0.2) is 14.6 Å². The van der Waals surface area contributed by atoms with Gasteiger partial charge in [0.25, 0.3) is 5.91 Å². The van der Waals surface area contributed by atoms with Gasteiger partial charge in [-0.15, -0.1) is 0 Å². The van der Waals surface area contributed by atoms with Crippen LogP contribution in [0.2, 0.25) is 0 Å². The number of ether oxygens (including phenoxy) is 1. The normalized spacial score (nSPS) is 12.3. The summed E-state index contributed by atoms with van der Waals surface area (Å²) in [5.41, 5.74) is 1.61. The number of aryl methyl sites for hydroxylation is 1. The van der Waals surface area contributed by atoms with Crippen LogP contribution in [0.4, 0.5) is 0 Å². The molecule has 0 aliphatic rings. The van der Waals surface area contributed by atoms with E-state index in [-0.39, 0.29) is 10.6 Å². The minimum atomic E-state index is -3.32. The third-order valence-corrected chi connectivity index (χ3v) is 7.34. The average Bonchev–Trinajstić information content (AvgIpc) is 3.09. The van der Waals surface area contributed by atoms with Gasteiger partial charge in [-0.3, -0.25) is 4.79 Å². The summed E-state index contributed by atoms with van der Waals surface area (Å²) in [6.07, 6.45) is 0. The lowest BCUT2D eigenvalue weighted by atomic mass is 10.2. The fourth-order valence-electron chi connectivity index (χ4n) is 2.93. The van der Waals surface area contributed by atoms with Crippen molar-refractivity contribution in [2.24, 2.45) is 4.99 Å². The number of aromatic nitrogens is 1. The molecule has 158 valence electrons. The first-order valence-corrected chi connectivity index (χ1v) is 12.0. The summed E-state index contributed by atoms with van der Waals surface area (Å²) in [7, 11) is -3.32. The molecule has 7 nitrogen and oxygen atoms in total. The van der Waals surface area contributed by atoms with Crippen molar-refractivity contribution < 1.29 is 22.7 Å². The second-order valence-electron chi connectivity index (χ2n) is 6.38. The van der Waals surface area contributed by atoms with E-state index in [2.05, 4.69) is 4.99 Å². The van der Waals surface area contributed by atoms with Crippen LogP contribution in [0.25, 0.3) is 10.2 Å². The minimum Gasteiger partial charge on any atom is -0.462 e. The number of carbonyl (C=O) groups is 2. The Hall–Kier alpha value is -2.78. The van der Waals surface area contributed by atoms with E-state index < -0.39 is 21.7 Å². The first-order valence-electron chi connectivity index (χ1n) is 9.53. The highest BCUT2D eigenvalue weighted by atomic mass is 32.2. The molecule has 0 saturated carbocycles. The highest BCUT2D eigenvalue weighted by Gasteiger charge is 2.14. The molecule has 0 bridgehead atoms. The van der Waals surface area contributed by atoms with Gasteiger partial charge in [-0.25, -0.2) is 13.2 Å². The number of benzene rings is 2. The van der Waals surface area contributed by atoms with E-state index in [1.165, 1.54) is 35.6 Å². The summed E-state index contributed by atoms with van der Waals surface area (Å²) in [5, 5.41) is 0. The lowest BCUT2D eigenvalue weighted by Gasteiger charge is -2.03. The highest BCUT2D eigenvalue weighted by molar-refractivity contribution is 7.91. The average molecular weight is 447 g/mol. The zero-order valence-electron chi connectivity index (χ0n) is 16.9. The van der Waals surface area contributed by atoms with E-state index in [0.717, 1.165) is 10.2 Å². The maximum atomic E-state index is 12.7. The molecule has 0 saturated heterocycles. The van der Waals surface area contributed by atoms with Crippen LogP contribution < -0.4 is 4.80 Å². The summed E-state index contributed by atoms with van der Waals surface area (Å²) in [4.78, 5) is 29.6. The molecule has 9 heteroatoms. The summed E-state index contributed by atoms with van der Waals surface area (Å²) >= 11 is 1.30. The molecular formula is C21H22N2O5S2. The Morgan fingerprint density at radius 2 is 1.70 bits per heavy atom. The number of hydrogen-bond acceptors (Lipinski definition) is 6. The fraction of sp³-hybridized carbons (Fsp3) is 0.286. The largest absolute Gasteiger partial charge is 0.462 e. The maximum absolute atomic E-state index is 12.7. The molecule has 0 fully saturated rings. The summed E-state index contributed by atoms with van der Waals surface area (Å²) in [6, 6.07) is 11.0. The monoisotopic (exact) mass is 446 g/mol. The van der Waals surface area contributed by atoms with Crippen molar-refractivity contribution in [3.63, 3.8) is 0 Å². The molecule has 0 atom stereocenters. The van der Waals surface area contributed by atoms with E-state index in [1.807, 2.05) is 17.6 Å². The van der Waals surface area contributed by atoms with Gasteiger partial charge in [-0.2, -0.15) is 4.99 Å². The number of hydrogen-bond donors (Lipinski definition) is 0.